The molecule has 14 heavy (non-hydrogen) atoms. The summed E-state index contributed by atoms with van der Waals surface area (Å²) in [6, 6.07) is 0.515. The second-order valence-corrected chi connectivity index (χ2v) is 3.67. The van der Waals surface area contributed by atoms with Gasteiger partial charge < -0.3 is 4.90 Å². The minimum atomic E-state index is -0.457. The van der Waals surface area contributed by atoms with Gasteiger partial charge in [0.25, 0.3) is 0 Å². The van der Waals surface area contributed by atoms with Crippen LogP contribution in [0.15, 0.2) is 9.32 Å². The van der Waals surface area contributed by atoms with Gasteiger partial charge in [-0.1, -0.05) is 12.1 Å². The third kappa shape index (κ3) is 1.87. The highest BCUT2D eigenvalue weighted by Gasteiger charge is 2.24. The van der Waals surface area contributed by atoms with Gasteiger partial charge in [0, 0.05) is 12.5 Å². The van der Waals surface area contributed by atoms with Crippen molar-refractivity contribution in [2.45, 2.75) is 32.2 Å². The van der Waals surface area contributed by atoms with Crippen molar-refractivity contribution in [3.8, 4) is 0 Å². The molecule has 0 aliphatic carbocycles. The quantitative estimate of drug-likeness (QED) is 0.761. The molecule has 5 nitrogen and oxygen atoms in total. The van der Waals surface area contributed by atoms with Crippen LogP contribution in [-0.2, 0) is 6.42 Å². The Hall–Kier alpha value is -1.10. The first kappa shape index (κ1) is 9.45. The van der Waals surface area contributed by atoms with Crippen molar-refractivity contribution in [2.24, 2.45) is 0 Å². The molecule has 1 aromatic rings. The molecular formula is C9H15N3O2. The van der Waals surface area contributed by atoms with E-state index in [-0.39, 0.29) is 0 Å². The lowest BCUT2D eigenvalue weighted by Gasteiger charge is -2.21. The molecule has 0 saturated carbocycles. The first-order valence-corrected chi connectivity index (χ1v) is 5.08. The molecule has 1 aliphatic heterocycles. The maximum atomic E-state index is 10.7. The summed E-state index contributed by atoms with van der Waals surface area (Å²) in [6.07, 6.45) is 3.21. The zero-order valence-electron chi connectivity index (χ0n) is 8.32. The molecule has 1 aliphatic rings. The predicted molar refractivity (Wildman–Crippen MR) is 51.1 cm³/mol. The topological polar surface area (TPSA) is 62.1 Å². The Labute approximate surface area is 82.1 Å². The largest absolute Gasteiger partial charge is 0.438 e. The highest BCUT2D eigenvalue weighted by Crippen LogP contribution is 2.18. The van der Waals surface area contributed by atoms with Gasteiger partial charge in [0.1, 0.15) is 0 Å². The number of H-pyrrole nitrogens is 1. The van der Waals surface area contributed by atoms with Crippen molar-refractivity contribution in [3.63, 3.8) is 0 Å². The first-order valence-electron chi connectivity index (χ1n) is 5.08. The third-order valence-corrected chi connectivity index (χ3v) is 2.82. The van der Waals surface area contributed by atoms with Gasteiger partial charge in [-0.15, -0.1) is 0 Å². The molecular weight excluding hydrogens is 182 g/mol. The van der Waals surface area contributed by atoms with E-state index in [2.05, 4.69) is 26.5 Å². The van der Waals surface area contributed by atoms with Crippen LogP contribution in [0.5, 0.6) is 0 Å². The van der Waals surface area contributed by atoms with Gasteiger partial charge >= 0.3 is 5.76 Å². The number of likely N-dealkylation sites (N-methyl/N-ethyl adjacent to an activating group) is 1. The normalized spacial score (nSPS) is 23.1. The molecule has 1 saturated heterocycles. The molecule has 0 spiro atoms. The van der Waals surface area contributed by atoms with Gasteiger partial charge in [0.15, 0.2) is 5.82 Å². The Kier molecular flexibility index (Phi) is 2.67. The molecule has 1 N–H and O–H groups in total. The molecule has 78 valence electrons. The Morgan fingerprint density at radius 2 is 2.57 bits per heavy atom. The van der Waals surface area contributed by atoms with Crippen LogP contribution in [0.1, 0.15) is 25.6 Å². The highest BCUT2D eigenvalue weighted by atomic mass is 16.5. The van der Waals surface area contributed by atoms with Gasteiger partial charge in [-0.25, -0.2) is 4.79 Å². The number of aromatic amines is 1. The third-order valence-electron chi connectivity index (χ3n) is 2.82. The molecule has 1 atom stereocenters. The highest BCUT2D eigenvalue weighted by molar-refractivity contribution is 4.89. The van der Waals surface area contributed by atoms with E-state index in [1.807, 2.05) is 0 Å². The molecule has 5 heteroatoms. The average Bonchev–Trinajstić information content (AvgIpc) is 2.76. The van der Waals surface area contributed by atoms with Crippen LogP contribution in [0.25, 0.3) is 0 Å². The fraction of sp³-hybridized carbons (Fsp3) is 0.778. The van der Waals surface area contributed by atoms with Crippen molar-refractivity contribution < 1.29 is 4.52 Å². The summed E-state index contributed by atoms with van der Waals surface area (Å²) in [5, 5.41) is 3.68. The van der Waals surface area contributed by atoms with Crippen LogP contribution in [-0.4, -0.2) is 34.2 Å². The Morgan fingerprint density at radius 1 is 1.71 bits per heavy atom. The lowest BCUT2D eigenvalue weighted by molar-refractivity contribution is 0.261. The van der Waals surface area contributed by atoms with Gasteiger partial charge in [-0.05, 0) is 25.9 Å². The lowest BCUT2D eigenvalue weighted by atomic mass is 10.1. The van der Waals surface area contributed by atoms with Gasteiger partial charge in [0.2, 0.25) is 0 Å². The molecule has 2 heterocycles. The van der Waals surface area contributed by atoms with Gasteiger partial charge in [-0.2, -0.15) is 0 Å². The van der Waals surface area contributed by atoms with E-state index in [9.17, 15) is 4.79 Å². The minimum Gasteiger partial charge on any atom is -0.300 e. The summed E-state index contributed by atoms with van der Waals surface area (Å²) < 4.78 is 4.46. The first-order chi connectivity index (χ1) is 6.79. The molecule has 0 aromatic carbocycles. The van der Waals surface area contributed by atoms with Crippen LogP contribution < -0.4 is 5.76 Å². The molecule has 1 fully saturated rings. The molecule has 2 rings (SSSR count). The van der Waals surface area contributed by atoms with Crippen LogP contribution >= 0.6 is 0 Å². The van der Waals surface area contributed by atoms with E-state index in [0.717, 1.165) is 19.5 Å². The Bertz CT molecular complexity index is 344. The predicted octanol–water partition coefficient (Wildman–Crippen LogP) is 0.390. The van der Waals surface area contributed by atoms with Gasteiger partial charge in [-0.3, -0.25) is 9.51 Å². The van der Waals surface area contributed by atoms with E-state index < -0.39 is 5.76 Å². The smallest absolute Gasteiger partial charge is 0.300 e. The van der Waals surface area contributed by atoms with Crippen LogP contribution in [0, 0.1) is 0 Å². The van der Waals surface area contributed by atoms with Crippen molar-refractivity contribution >= 4 is 0 Å². The number of aromatic nitrogens is 2. The molecule has 0 amide bonds. The fourth-order valence-electron chi connectivity index (χ4n) is 2.11. The minimum absolute atomic E-state index is 0.457. The van der Waals surface area contributed by atoms with Crippen molar-refractivity contribution in [2.75, 3.05) is 13.1 Å². The summed E-state index contributed by atoms with van der Waals surface area (Å²) in [6.45, 7) is 4.37. The zero-order chi connectivity index (χ0) is 9.97. The van der Waals surface area contributed by atoms with Crippen molar-refractivity contribution in [1.29, 1.82) is 0 Å². The molecule has 0 radical (unpaired) electrons. The summed E-state index contributed by atoms with van der Waals surface area (Å²) in [5.74, 6) is 0.210. The standard InChI is InChI=1S/C9H15N3O2/c1-2-12-5-3-4-7(12)6-8-10-9(13)14-11-8/h7H,2-6H2,1H3,(H,10,11,13). The van der Waals surface area contributed by atoms with E-state index >= 15 is 0 Å². The fourth-order valence-corrected chi connectivity index (χ4v) is 2.11. The summed E-state index contributed by atoms with van der Waals surface area (Å²) in [7, 11) is 0. The number of likely N-dealkylation sites (tertiary alicyclic amines) is 1. The number of nitrogens with one attached hydrogen (secondary N) is 1. The van der Waals surface area contributed by atoms with Crippen molar-refractivity contribution in [3.05, 3.63) is 16.4 Å². The maximum absolute atomic E-state index is 10.7. The number of rotatable bonds is 3. The Balaban J connectivity index is 2.00. The second kappa shape index (κ2) is 3.96. The van der Waals surface area contributed by atoms with Crippen molar-refractivity contribution in [1.82, 2.24) is 15.0 Å². The van der Waals surface area contributed by atoms with E-state index in [1.54, 1.807) is 0 Å². The number of nitrogens with zero attached hydrogens (tertiary/aromatic N) is 2. The Morgan fingerprint density at radius 3 is 3.21 bits per heavy atom. The summed E-state index contributed by atoms with van der Waals surface area (Å²) in [5.41, 5.74) is 0. The summed E-state index contributed by atoms with van der Waals surface area (Å²) in [4.78, 5) is 15.7. The zero-order valence-corrected chi connectivity index (χ0v) is 8.32. The average molecular weight is 197 g/mol. The van der Waals surface area contributed by atoms with Gasteiger partial charge in [0.05, 0.1) is 0 Å². The van der Waals surface area contributed by atoms with E-state index in [0.29, 0.717) is 11.9 Å². The lowest BCUT2D eigenvalue weighted by Crippen LogP contribution is -2.31. The van der Waals surface area contributed by atoms with Crippen LogP contribution in [0.3, 0.4) is 0 Å². The van der Waals surface area contributed by atoms with E-state index in [1.165, 1.54) is 12.8 Å². The van der Waals surface area contributed by atoms with Crippen LogP contribution in [0.4, 0.5) is 0 Å². The second-order valence-electron chi connectivity index (χ2n) is 3.67. The monoisotopic (exact) mass is 197 g/mol. The number of hydrogen-bond acceptors (Lipinski definition) is 4. The SMILES string of the molecule is CCN1CCCC1Cc1noc(=O)[nH]1. The summed E-state index contributed by atoms with van der Waals surface area (Å²) >= 11 is 0. The number of hydrogen-bond donors (Lipinski definition) is 1. The molecule has 1 aromatic heterocycles. The van der Waals surface area contributed by atoms with E-state index in [4.69, 9.17) is 0 Å². The molecule has 0 bridgehead atoms. The maximum Gasteiger partial charge on any atom is 0.438 e. The molecule has 1 unspecified atom stereocenters. The van der Waals surface area contributed by atoms with Crippen LogP contribution in [0.2, 0.25) is 0 Å².